The van der Waals surface area contributed by atoms with Gasteiger partial charge in [-0.3, -0.25) is 4.79 Å². The van der Waals surface area contributed by atoms with Crippen molar-refractivity contribution < 1.29 is 17.6 Å². The number of carbonyl (C=O) groups is 1. The highest BCUT2D eigenvalue weighted by Crippen LogP contribution is 2.27. The molecule has 9 heteroatoms. The van der Waals surface area contributed by atoms with Crippen molar-refractivity contribution in [2.75, 3.05) is 37.6 Å². The summed E-state index contributed by atoms with van der Waals surface area (Å²) in [5.41, 5.74) is 1.11. The molecule has 168 valence electrons. The molecule has 1 fully saturated rings. The molecule has 2 aromatic carbocycles. The first kappa shape index (κ1) is 23.5. The molecular formula is C22H27ClFN3O3S. The molecule has 1 N–H and O–H groups in total. The summed E-state index contributed by atoms with van der Waals surface area (Å²) in [4.78, 5) is 14.3. The Labute approximate surface area is 188 Å². The monoisotopic (exact) mass is 467 g/mol. The van der Waals surface area contributed by atoms with Gasteiger partial charge in [-0.2, -0.15) is 4.31 Å². The minimum absolute atomic E-state index is 0.0643. The molecule has 6 nitrogen and oxygen atoms in total. The van der Waals surface area contributed by atoms with E-state index in [1.807, 2.05) is 4.90 Å². The van der Waals surface area contributed by atoms with Gasteiger partial charge < -0.3 is 10.2 Å². The second-order valence-electron chi connectivity index (χ2n) is 7.48. The number of hydrogen-bond acceptors (Lipinski definition) is 4. The molecular weight excluding hydrogens is 441 g/mol. The van der Waals surface area contributed by atoms with E-state index in [0.29, 0.717) is 19.6 Å². The molecule has 3 rings (SSSR count). The summed E-state index contributed by atoms with van der Waals surface area (Å²) in [6.45, 7) is 4.10. The Hall–Kier alpha value is -2.16. The number of carbonyl (C=O) groups excluding carboxylic acids is 1. The largest absolute Gasteiger partial charge is 0.369 e. The number of rotatable bonds is 8. The van der Waals surface area contributed by atoms with E-state index in [1.54, 1.807) is 12.1 Å². The Kier molecular flexibility index (Phi) is 7.91. The van der Waals surface area contributed by atoms with Gasteiger partial charge in [0.05, 0.1) is 5.02 Å². The van der Waals surface area contributed by atoms with Crippen molar-refractivity contribution in [3.05, 3.63) is 58.9 Å². The van der Waals surface area contributed by atoms with Crippen LogP contribution in [0.5, 0.6) is 0 Å². The normalized spacial score (nSPS) is 15.1. The van der Waals surface area contributed by atoms with E-state index in [9.17, 15) is 17.6 Å². The van der Waals surface area contributed by atoms with Crippen LogP contribution in [0.2, 0.25) is 5.02 Å². The number of halogens is 2. The zero-order valence-corrected chi connectivity index (χ0v) is 19.1. The Morgan fingerprint density at radius 3 is 2.39 bits per heavy atom. The summed E-state index contributed by atoms with van der Waals surface area (Å²) < 4.78 is 40.9. The Balaban J connectivity index is 1.70. The molecule has 0 atom stereocenters. The van der Waals surface area contributed by atoms with Gasteiger partial charge in [0.2, 0.25) is 10.0 Å². The average Bonchev–Trinajstić information content (AvgIpc) is 2.77. The number of nitrogens with zero attached hydrogens (tertiary/aromatic N) is 2. The van der Waals surface area contributed by atoms with Crippen molar-refractivity contribution in [1.29, 1.82) is 0 Å². The second-order valence-corrected chi connectivity index (χ2v) is 9.79. The number of sulfonamides is 1. The molecule has 1 heterocycles. The Bertz CT molecular complexity index is 1010. The number of anilines is 1. The summed E-state index contributed by atoms with van der Waals surface area (Å²) in [5.74, 6) is -0.626. The third kappa shape index (κ3) is 5.75. The maximum Gasteiger partial charge on any atom is 0.251 e. The molecule has 2 aromatic rings. The van der Waals surface area contributed by atoms with Gasteiger partial charge >= 0.3 is 0 Å². The lowest BCUT2D eigenvalue weighted by Gasteiger charge is -2.35. The van der Waals surface area contributed by atoms with E-state index in [1.165, 1.54) is 34.6 Å². The van der Waals surface area contributed by atoms with Crippen LogP contribution in [0.3, 0.4) is 0 Å². The highest BCUT2D eigenvalue weighted by molar-refractivity contribution is 7.89. The van der Waals surface area contributed by atoms with Gasteiger partial charge in [-0.05, 0) is 48.9 Å². The minimum Gasteiger partial charge on any atom is -0.369 e. The first-order valence-corrected chi connectivity index (χ1v) is 12.2. The fourth-order valence-corrected chi connectivity index (χ4v) is 5.42. The second kappa shape index (κ2) is 10.4. The van der Waals surface area contributed by atoms with Crippen LogP contribution in [0.1, 0.15) is 36.5 Å². The summed E-state index contributed by atoms with van der Waals surface area (Å²) in [6.07, 6.45) is 2.94. The van der Waals surface area contributed by atoms with Gasteiger partial charge in [0, 0.05) is 44.0 Å². The molecule has 0 aromatic heterocycles. The van der Waals surface area contributed by atoms with Crippen molar-refractivity contribution in [3.8, 4) is 0 Å². The first-order chi connectivity index (χ1) is 14.8. The summed E-state index contributed by atoms with van der Waals surface area (Å²) >= 11 is 6.21. The van der Waals surface area contributed by atoms with Crippen molar-refractivity contribution in [2.24, 2.45) is 0 Å². The molecule has 1 saturated heterocycles. The van der Waals surface area contributed by atoms with Crippen LogP contribution in [-0.2, 0) is 10.0 Å². The lowest BCUT2D eigenvalue weighted by molar-refractivity contribution is 0.0952. The summed E-state index contributed by atoms with van der Waals surface area (Å²) in [7, 11) is -3.86. The molecule has 1 aliphatic heterocycles. The van der Waals surface area contributed by atoms with E-state index >= 15 is 0 Å². The van der Waals surface area contributed by atoms with E-state index in [4.69, 9.17) is 11.6 Å². The molecule has 1 aliphatic rings. The van der Waals surface area contributed by atoms with Gasteiger partial charge in [-0.1, -0.05) is 31.4 Å². The van der Waals surface area contributed by atoms with Crippen LogP contribution < -0.4 is 10.2 Å². The summed E-state index contributed by atoms with van der Waals surface area (Å²) in [5, 5.41) is 2.90. The number of nitrogens with one attached hydrogen (secondary N) is 1. The van der Waals surface area contributed by atoms with E-state index in [2.05, 4.69) is 12.2 Å². The zero-order chi connectivity index (χ0) is 22.4. The third-order valence-corrected chi connectivity index (χ3v) is 7.69. The van der Waals surface area contributed by atoms with Gasteiger partial charge in [-0.25, -0.2) is 12.8 Å². The molecule has 0 spiro atoms. The number of amides is 1. The van der Waals surface area contributed by atoms with Crippen molar-refractivity contribution in [2.45, 2.75) is 31.1 Å². The number of unbranched alkanes of at least 4 members (excludes halogenated alkanes) is 2. The van der Waals surface area contributed by atoms with Crippen molar-refractivity contribution in [1.82, 2.24) is 9.62 Å². The Morgan fingerprint density at radius 1 is 1.06 bits per heavy atom. The standard InChI is InChI=1S/C22H27ClFN3O3S/c1-2-3-4-11-25-22(28)17-5-10-20(23)21(16-17)31(29,30)27-14-12-26(13-15-27)19-8-6-18(24)7-9-19/h5-10,16H,2-4,11-15H2,1H3,(H,25,28). The predicted molar refractivity (Wildman–Crippen MR) is 121 cm³/mol. The predicted octanol–water partition coefficient (Wildman–Crippen LogP) is 3.91. The number of piperazine rings is 1. The topological polar surface area (TPSA) is 69.7 Å². The molecule has 0 aliphatic carbocycles. The van der Waals surface area contributed by atoms with Gasteiger partial charge in [0.15, 0.2) is 0 Å². The summed E-state index contributed by atoms with van der Waals surface area (Å²) in [6, 6.07) is 10.5. The van der Waals surface area contributed by atoms with Gasteiger partial charge in [-0.15, -0.1) is 0 Å². The highest BCUT2D eigenvalue weighted by Gasteiger charge is 2.31. The third-order valence-electron chi connectivity index (χ3n) is 5.31. The molecule has 0 unspecified atom stereocenters. The van der Waals surface area contributed by atoms with Gasteiger partial charge in [0.1, 0.15) is 10.7 Å². The van der Waals surface area contributed by atoms with E-state index in [0.717, 1.165) is 24.9 Å². The van der Waals surface area contributed by atoms with Crippen LogP contribution in [0, 0.1) is 5.82 Å². The zero-order valence-electron chi connectivity index (χ0n) is 17.5. The fraction of sp³-hybridized carbons (Fsp3) is 0.409. The molecule has 0 bridgehead atoms. The lowest BCUT2D eigenvalue weighted by atomic mass is 10.2. The van der Waals surface area contributed by atoms with Crippen LogP contribution in [0.4, 0.5) is 10.1 Å². The van der Waals surface area contributed by atoms with Crippen LogP contribution >= 0.6 is 11.6 Å². The quantitative estimate of drug-likeness (QED) is 0.597. The maximum absolute atomic E-state index is 13.2. The van der Waals surface area contributed by atoms with Crippen LogP contribution in [0.25, 0.3) is 0 Å². The average molecular weight is 468 g/mol. The minimum atomic E-state index is -3.86. The highest BCUT2D eigenvalue weighted by atomic mass is 35.5. The number of hydrogen-bond donors (Lipinski definition) is 1. The molecule has 31 heavy (non-hydrogen) atoms. The van der Waals surface area contributed by atoms with Crippen molar-refractivity contribution >= 4 is 33.2 Å². The first-order valence-electron chi connectivity index (χ1n) is 10.4. The SMILES string of the molecule is CCCCCNC(=O)c1ccc(Cl)c(S(=O)(=O)N2CCN(c3ccc(F)cc3)CC2)c1. The van der Waals surface area contributed by atoms with E-state index < -0.39 is 10.0 Å². The molecule has 1 amide bonds. The Morgan fingerprint density at radius 2 is 1.74 bits per heavy atom. The molecule has 0 saturated carbocycles. The smallest absolute Gasteiger partial charge is 0.251 e. The van der Waals surface area contributed by atoms with Crippen LogP contribution in [-0.4, -0.2) is 51.4 Å². The number of benzene rings is 2. The maximum atomic E-state index is 13.2. The van der Waals surface area contributed by atoms with E-state index in [-0.39, 0.29) is 40.3 Å². The lowest BCUT2D eigenvalue weighted by Crippen LogP contribution is -2.48. The van der Waals surface area contributed by atoms with Crippen LogP contribution in [0.15, 0.2) is 47.4 Å². The fourth-order valence-electron chi connectivity index (χ4n) is 3.50. The van der Waals surface area contributed by atoms with Crippen molar-refractivity contribution in [3.63, 3.8) is 0 Å². The van der Waals surface area contributed by atoms with Gasteiger partial charge in [0.25, 0.3) is 5.91 Å². The molecule has 0 radical (unpaired) electrons.